The Labute approximate surface area is 73.7 Å². The molecule has 0 bridgehead atoms. The van der Waals surface area contributed by atoms with Gasteiger partial charge in [0.15, 0.2) is 0 Å². The predicted octanol–water partition coefficient (Wildman–Crippen LogP) is 1.56. The van der Waals surface area contributed by atoms with Gasteiger partial charge in [-0.25, -0.2) is 0 Å². The summed E-state index contributed by atoms with van der Waals surface area (Å²) in [5.41, 5.74) is 0. The Balaban J connectivity index is 0.000000378. The summed E-state index contributed by atoms with van der Waals surface area (Å²) in [4.78, 5) is 8.27. The number of hydrogen-bond donors (Lipinski definition) is 0. The second-order valence-electron chi connectivity index (χ2n) is 1.95. The molecule has 0 aliphatic carbocycles. The quantitative estimate of drug-likeness (QED) is 0.556. The highest BCUT2D eigenvalue weighted by molar-refractivity contribution is 5.02. The Morgan fingerprint density at radius 2 is 1.42 bits per heavy atom. The zero-order valence-corrected chi connectivity index (χ0v) is 6.91. The Hall–Kier alpha value is -1.18. The Bertz CT molecular complexity index is 295. The first-order chi connectivity index (χ1) is 5.47. The molecule has 1 aliphatic rings. The summed E-state index contributed by atoms with van der Waals surface area (Å²) in [6.07, 6.45) is 0. The molecule has 0 unspecified atom stereocenters. The van der Waals surface area contributed by atoms with Crippen LogP contribution in [0, 0.1) is 0 Å². The van der Waals surface area contributed by atoms with Crippen LogP contribution in [0.5, 0.6) is 0 Å². The number of rotatable bonds is 0. The van der Waals surface area contributed by atoms with Gasteiger partial charge in [-0.1, -0.05) is 33.4 Å². The van der Waals surface area contributed by atoms with Gasteiger partial charge in [-0.2, -0.15) is 0 Å². The largest absolute Gasteiger partial charge is 0.260 e. The highest BCUT2D eigenvalue weighted by atomic mass is 15.0. The van der Waals surface area contributed by atoms with E-state index < -0.39 is 0 Å². The van der Waals surface area contributed by atoms with E-state index in [0.717, 1.165) is 10.7 Å². The van der Waals surface area contributed by atoms with Crippen LogP contribution >= 0.6 is 0 Å². The van der Waals surface area contributed by atoms with Crippen LogP contribution in [-0.4, -0.2) is 6.67 Å². The molecule has 1 heterocycles. The summed E-state index contributed by atoms with van der Waals surface area (Å²) >= 11 is 0. The third kappa shape index (κ3) is 2.16. The van der Waals surface area contributed by atoms with Crippen molar-refractivity contribution >= 4 is 0 Å². The summed E-state index contributed by atoms with van der Waals surface area (Å²) in [5, 5.41) is 2.05. The van der Waals surface area contributed by atoms with Gasteiger partial charge < -0.3 is 0 Å². The fourth-order valence-electron chi connectivity index (χ4n) is 0.919. The molecule has 0 fully saturated rings. The maximum absolute atomic E-state index is 4.13. The summed E-state index contributed by atoms with van der Waals surface area (Å²) in [5.74, 6) is 0. The molecule has 66 valence electrons. The number of benzene rings is 1. The van der Waals surface area contributed by atoms with E-state index in [1.165, 1.54) is 0 Å². The molecule has 12 heavy (non-hydrogen) atoms. The van der Waals surface area contributed by atoms with Gasteiger partial charge >= 0.3 is 0 Å². The molecule has 0 spiro atoms. The fraction of sp³-hybridized carbons (Fsp3) is 0.400. The maximum atomic E-state index is 4.13. The van der Waals surface area contributed by atoms with Crippen LogP contribution in [0.15, 0.2) is 34.3 Å². The summed E-state index contributed by atoms with van der Waals surface area (Å²) < 4.78 is 0. The van der Waals surface area contributed by atoms with Gasteiger partial charge in [-0.3, -0.25) is 9.98 Å². The molecule has 0 saturated carbocycles. The summed E-state index contributed by atoms with van der Waals surface area (Å²) in [6.45, 7) is 4.61. The minimum Gasteiger partial charge on any atom is -0.260 e. The van der Waals surface area contributed by atoms with Crippen molar-refractivity contribution in [1.82, 2.24) is 0 Å². The van der Waals surface area contributed by atoms with Crippen molar-refractivity contribution in [3.05, 3.63) is 35.0 Å². The normalized spacial score (nSPS) is 10.8. The van der Waals surface area contributed by atoms with E-state index >= 15 is 0 Å². The zero-order chi connectivity index (χ0) is 8.10. The topological polar surface area (TPSA) is 24.7 Å². The minimum atomic E-state index is 0. The molecule has 0 amide bonds. The van der Waals surface area contributed by atoms with Crippen LogP contribution in [0.1, 0.15) is 21.3 Å². The first kappa shape index (κ1) is 10.8. The molecule has 0 N–H and O–H groups in total. The van der Waals surface area contributed by atoms with E-state index in [9.17, 15) is 0 Å². The molecular weight excluding hydrogens is 148 g/mol. The number of hydrogen-bond acceptors (Lipinski definition) is 2. The van der Waals surface area contributed by atoms with Gasteiger partial charge in [0.1, 0.15) is 6.67 Å². The lowest BCUT2D eigenvalue weighted by atomic mass is 10.3. The second kappa shape index (κ2) is 5.47. The standard InChI is InChI=1S/C7H6N2.C2H6.CH4/c1-2-4-7-6(3-1)8-5-9-7;1-2;/h1-4H,5H2;1-2H3;1H4. The number of nitrogens with zero attached hydrogens (tertiary/aromatic N) is 2. The first-order valence-electron chi connectivity index (χ1n) is 3.91. The molecule has 1 aromatic carbocycles. The minimum absolute atomic E-state index is 0. The van der Waals surface area contributed by atoms with E-state index in [4.69, 9.17) is 0 Å². The lowest BCUT2D eigenvalue weighted by molar-refractivity contribution is 1.06. The van der Waals surface area contributed by atoms with Gasteiger partial charge in [0.25, 0.3) is 0 Å². The average Bonchev–Trinajstić information content (AvgIpc) is 2.55. The van der Waals surface area contributed by atoms with Gasteiger partial charge in [-0.15, -0.1) is 0 Å². The molecule has 1 aromatic rings. The Kier molecular flexibility index (Phi) is 4.93. The van der Waals surface area contributed by atoms with Crippen molar-refractivity contribution in [2.75, 3.05) is 6.67 Å². The van der Waals surface area contributed by atoms with Gasteiger partial charge in [0.05, 0.1) is 10.7 Å². The van der Waals surface area contributed by atoms with Crippen LogP contribution in [0.2, 0.25) is 0 Å². The average molecular weight is 164 g/mol. The zero-order valence-electron chi connectivity index (χ0n) is 6.91. The molecule has 2 rings (SSSR count). The van der Waals surface area contributed by atoms with Gasteiger partial charge in [0.2, 0.25) is 0 Å². The number of para-hydroxylation sites is 2. The molecule has 0 aromatic heterocycles. The monoisotopic (exact) mass is 164 g/mol. The third-order valence-electron chi connectivity index (χ3n) is 1.36. The Morgan fingerprint density at radius 1 is 1.00 bits per heavy atom. The molecule has 0 radical (unpaired) electrons. The lowest BCUT2D eigenvalue weighted by Gasteiger charge is -1.76. The van der Waals surface area contributed by atoms with E-state index in [-0.39, 0.29) is 7.43 Å². The second-order valence-corrected chi connectivity index (χ2v) is 1.95. The van der Waals surface area contributed by atoms with E-state index in [1.54, 1.807) is 0 Å². The van der Waals surface area contributed by atoms with Crippen LogP contribution in [0.3, 0.4) is 0 Å². The molecule has 0 atom stereocenters. The smallest absolute Gasteiger partial charge is 0.130 e. The molecule has 1 aliphatic heterocycles. The van der Waals surface area contributed by atoms with E-state index in [1.807, 2.05) is 38.1 Å². The molecule has 0 saturated heterocycles. The molecule has 2 nitrogen and oxygen atoms in total. The highest BCUT2D eigenvalue weighted by Crippen LogP contribution is 1.77. The van der Waals surface area contributed by atoms with Crippen LogP contribution in [0.4, 0.5) is 0 Å². The molecular formula is C10H16N2. The lowest BCUT2D eigenvalue weighted by Crippen LogP contribution is -2.19. The van der Waals surface area contributed by atoms with E-state index in [0.29, 0.717) is 6.67 Å². The fourth-order valence-corrected chi connectivity index (χ4v) is 0.919. The van der Waals surface area contributed by atoms with Gasteiger partial charge in [0, 0.05) is 0 Å². The summed E-state index contributed by atoms with van der Waals surface area (Å²) in [7, 11) is 0. The van der Waals surface area contributed by atoms with Crippen molar-refractivity contribution in [1.29, 1.82) is 0 Å². The number of fused-ring (bicyclic) bond motifs is 1. The predicted molar refractivity (Wildman–Crippen MR) is 51.7 cm³/mol. The van der Waals surface area contributed by atoms with Crippen LogP contribution in [-0.2, 0) is 0 Å². The van der Waals surface area contributed by atoms with Gasteiger partial charge in [-0.05, 0) is 12.1 Å². The van der Waals surface area contributed by atoms with Crippen molar-refractivity contribution < 1.29 is 0 Å². The summed E-state index contributed by atoms with van der Waals surface area (Å²) in [6, 6.07) is 7.91. The SMILES string of the molecule is C.CC.c1ccc2c(c1)=NCN=2. The highest BCUT2D eigenvalue weighted by Gasteiger charge is 1.90. The van der Waals surface area contributed by atoms with Crippen LogP contribution in [0.25, 0.3) is 0 Å². The maximum Gasteiger partial charge on any atom is 0.130 e. The van der Waals surface area contributed by atoms with Crippen LogP contribution < -0.4 is 10.7 Å². The van der Waals surface area contributed by atoms with E-state index in [2.05, 4.69) is 9.98 Å². The van der Waals surface area contributed by atoms with Crippen molar-refractivity contribution in [3.63, 3.8) is 0 Å². The van der Waals surface area contributed by atoms with Crippen molar-refractivity contribution in [2.45, 2.75) is 21.3 Å². The van der Waals surface area contributed by atoms with Crippen molar-refractivity contribution in [3.8, 4) is 0 Å². The first-order valence-corrected chi connectivity index (χ1v) is 3.91. The Morgan fingerprint density at radius 3 is 1.83 bits per heavy atom. The third-order valence-corrected chi connectivity index (χ3v) is 1.36. The molecule has 2 heteroatoms. The van der Waals surface area contributed by atoms with Crippen molar-refractivity contribution in [2.24, 2.45) is 9.98 Å².